The highest BCUT2D eigenvalue weighted by Crippen LogP contribution is 2.34. The van der Waals surface area contributed by atoms with Crippen LogP contribution in [0.5, 0.6) is 11.5 Å². The molecular formula is C19H22F2N2O4S. The number of benzene rings is 2. The molecule has 152 valence electrons. The van der Waals surface area contributed by atoms with Gasteiger partial charge in [0.15, 0.2) is 0 Å². The van der Waals surface area contributed by atoms with Gasteiger partial charge in [0.25, 0.3) is 10.0 Å². The van der Waals surface area contributed by atoms with Gasteiger partial charge in [-0.25, -0.2) is 8.42 Å². The molecule has 1 unspecified atom stereocenters. The van der Waals surface area contributed by atoms with Crippen molar-refractivity contribution < 1.29 is 26.7 Å². The van der Waals surface area contributed by atoms with Gasteiger partial charge in [-0.1, -0.05) is 6.07 Å². The minimum atomic E-state index is -3.90. The molecule has 1 atom stereocenters. The lowest BCUT2D eigenvalue weighted by Crippen LogP contribution is -2.26. The number of hydrogen-bond acceptors (Lipinski definition) is 5. The van der Waals surface area contributed by atoms with Gasteiger partial charge < -0.3 is 14.8 Å². The molecule has 0 spiro atoms. The molecule has 0 aromatic heterocycles. The standard InChI is InChI=1S/C19H22F2N2O4S/c1-23(14-4-3-5-15(10-14)27-19(20)21)28(24,25)16-6-7-18(26-2)17(11-16)13-8-9-22-12-13/h3-7,10-11,13,19,22H,8-9,12H2,1-2H3. The van der Waals surface area contributed by atoms with Crippen LogP contribution < -0.4 is 19.1 Å². The van der Waals surface area contributed by atoms with Gasteiger partial charge in [0.2, 0.25) is 0 Å². The molecule has 3 rings (SSSR count). The zero-order chi connectivity index (χ0) is 20.3. The highest BCUT2D eigenvalue weighted by molar-refractivity contribution is 7.92. The second-order valence-corrected chi connectivity index (χ2v) is 8.41. The third-order valence-corrected chi connectivity index (χ3v) is 6.55. The number of hydrogen-bond donors (Lipinski definition) is 1. The first-order chi connectivity index (χ1) is 13.3. The molecule has 0 aliphatic carbocycles. The third-order valence-electron chi connectivity index (χ3n) is 4.77. The normalized spacial score (nSPS) is 17.0. The van der Waals surface area contributed by atoms with Crippen LogP contribution in [0.4, 0.5) is 14.5 Å². The summed E-state index contributed by atoms with van der Waals surface area (Å²) < 4.78 is 61.9. The van der Waals surface area contributed by atoms with Crippen LogP contribution in [0.1, 0.15) is 17.9 Å². The third kappa shape index (κ3) is 4.20. The van der Waals surface area contributed by atoms with E-state index in [1.165, 1.54) is 37.4 Å². The number of anilines is 1. The van der Waals surface area contributed by atoms with E-state index >= 15 is 0 Å². The molecule has 1 heterocycles. The summed E-state index contributed by atoms with van der Waals surface area (Å²) in [7, 11) is -0.976. The summed E-state index contributed by atoms with van der Waals surface area (Å²) in [5.41, 5.74) is 1.05. The predicted octanol–water partition coefficient (Wildman–Crippen LogP) is 3.20. The minimum Gasteiger partial charge on any atom is -0.496 e. The lowest BCUT2D eigenvalue weighted by atomic mass is 9.97. The quantitative estimate of drug-likeness (QED) is 0.757. The first kappa shape index (κ1) is 20.3. The molecule has 0 bridgehead atoms. The van der Waals surface area contributed by atoms with Crippen LogP contribution in [0.3, 0.4) is 0 Å². The topological polar surface area (TPSA) is 67.9 Å². The molecule has 6 nitrogen and oxygen atoms in total. The number of nitrogens with one attached hydrogen (secondary N) is 1. The Labute approximate surface area is 163 Å². The van der Waals surface area contributed by atoms with Crippen LogP contribution in [-0.2, 0) is 10.0 Å². The average Bonchev–Trinajstić information content (AvgIpc) is 3.21. The van der Waals surface area contributed by atoms with Crippen LogP contribution in [0, 0.1) is 0 Å². The highest BCUT2D eigenvalue weighted by Gasteiger charge is 2.26. The molecule has 0 amide bonds. The summed E-state index contributed by atoms with van der Waals surface area (Å²) in [4.78, 5) is 0.109. The molecule has 1 aliphatic rings. The zero-order valence-electron chi connectivity index (χ0n) is 15.6. The fourth-order valence-corrected chi connectivity index (χ4v) is 4.49. The van der Waals surface area contributed by atoms with E-state index in [0.717, 1.165) is 29.4 Å². The number of methoxy groups -OCH3 is 1. The zero-order valence-corrected chi connectivity index (χ0v) is 16.4. The second kappa shape index (κ2) is 8.32. The molecule has 0 radical (unpaired) electrons. The van der Waals surface area contributed by atoms with Crippen LogP contribution in [0.2, 0.25) is 0 Å². The van der Waals surface area contributed by atoms with Gasteiger partial charge in [0.05, 0.1) is 17.7 Å². The van der Waals surface area contributed by atoms with Crippen molar-refractivity contribution in [2.24, 2.45) is 0 Å². The first-order valence-corrected chi connectivity index (χ1v) is 10.2. The molecule has 0 saturated carbocycles. The number of sulfonamides is 1. The summed E-state index contributed by atoms with van der Waals surface area (Å²) in [6, 6.07) is 10.3. The first-order valence-electron chi connectivity index (χ1n) is 8.75. The van der Waals surface area contributed by atoms with Gasteiger partial charge in [0.1, 0.15) is 11.5 Å². The van der Waals surface area contributed by atoms with E-state index in [9.17, 15) is 17.2 Å². The van der Waals surface area contributed by atoms with Crippen molar-refractivity contribution >= 4 is 15.7 Å². The van der Waals surface area contributed by atoms with Crippen molar-refractivity contribution in [1.82, 2.24) is 5.32 Å². The molecule has 9 heteroatoms. The molecule has 1 saturated heterocycles. The Morgan fingerprint density at radius 1 is 1.21 bits per heavy atom. The van der Waals surface area contributed by atoms with Gasteiger partial charge in [-0.05, 0) is 48.9 Å². The van der Waals surface area contributed by atoms with Crippen molar-refractivity contribution in [3.05, 3.63) is 48.0 Å². The molecule has 1 N–H and O–H groups in total. The highest BCUT2D eigenvalue weighted by atomic mass is 32.2. The Morgan fingerprint density at radius 2 is 2.00 bits per heavy atom. The van der Waals surface area contributed by atoms with E-state index < -0.39 is 16.6 Å². The van der Waals surface area contributed by atoms with E-state index in [-0.39, 0.29) is 22.3 Å². The molecule has 1 aliphatic heterocycles. The Bertz CT molecular complexity index is 931. The fraction of sp³-hybridized carbons (Fsp3) is 0.368. The van der Waals surface area contributed by atoms with E-state index in [4.69, 9.17) is 4.74 Å². The smallest absolute Gasteiger partial charge is 0.387 e. The molecule has 2 aromatic carbocycles. The van der Waals surface area contributed by atoms with Crippen LogP contribution in [0.25, 0.3) is 0 Å². The maximum Gasteiger partial charge on any atom is 0.387 e. The Hall–Kier alpha value is -2.39. The average molecular weight is 412 g/mol. The summed E-state index contributed by atoms with van der Waals surface area (Å²) in [5.74, 6) is 0.697. The fourth-order valence-electron chi connectivity index (χ4n) is 3.26. The van der Waals surface area contributed by atoms with Crippen LogP contribution in [-0.4, -0.2) is 42.3 Å². The van der Waals surface area contributed by atoms with Crippen molar-refractivity contribution in [3.8, 4) is 11.5 Å². The predicted molar refractivity (Wildman–Crippen MR) is 102 cm³/mol. The largest absolute Gasteiger partial charge is 0.496 e. The molecular weight excluding hydrogens is 390 g/mol. The van der Waals surface area contributed by atoms with Gasteiger partial charge in [-0.15, -0.1) is 0 Å². The monoisotopic (exact) mass is 412 g/mol. The Balaban J connectivity index is 1.95. The lowest BCUT2D eigenvalue weighted by Gasteiger charge is -2.22. The summed E-state index contributed by atoms with van der Waals surface area (Å²) in [6.45, 7) is -1.37. The number of halogens is 2. The van der Waals surface area contributed by atoms with E-state index in [0.29, 0.717) is 5.75 Å². The molecule has 1 fully saturated rings. The van der Waals surface area contributed by atoms with Crippen LogP contribution in [0.15, 0.2) is 47.4 Å². The number of nitrogens with zero attached hydrogens (tertiary/aromatic N) is 1. The maximum atomic E-state index is 13.1. The van der Waals surface area contributed by atoms with E-state index in [2.05, 4.69) is 10.1 Å². The minimum absolute atomic E-state index is 0.109. The number of ether oxygens (including phenoxy) is 2. The summed E-state index contributed by atoms with van der Waals surface area (Å²) in [6.07, 6.45) is 0.892. The Kier molecular flexibility index (Phi) is 6.04. The molecule has 28 heavy (non-hydrogen) atoms. The van der Waals surface area contributed by atoms with Crippen molar-refractivity contribution in [3.63, 3.8) is 0 Å². The maximum absolute atomic E-state index is 13.1. The van der Waals surface area contributed by atoms with Gasteiger partial charge in [0, 0.05) is 25.6 Å². The Morgan fingerprint density at radius 3 is 2.64 bits per heavy atom. The van der Waals surface area contributed by atoms with Crippen molar-refractivity contribution in [2.45, 2.75) is 23.8 Å². The van der Waals surface area contributed by atoms with E-state index in [1.54, 1.807) is 19.2 Å². The van der Waals surface area contributed by atoms with Gasteiger partial charge in [-0.3, -0.25) is 4.31 Å². The van der Waals surface area contributed by atoms with E-state index in [1.807, 2.05) is 0 Å². The number of alkyl halides is 2. The van der Waals surface area contributed by atoms with Crippen molar-refractivity contribution in [1.29, 1.82) is 0 Å². The summed E-state index contributed by atoms with van der Waals surface area (Å²) in [5, 5.41) is 3.26. The summed E-state index contributed by atoms with van der Waals surface area (Å²) >= 11 is 0. The lowest BCUT2D eigenvalue weighted by molar-refractivity contribution is -0.0498. The van der Waals surface area contributed by atoms with Gasteiger partial charge in [-0.2, -0.15) is 8.78 Å². The SMILES string of the molecule is COc1ccc(S(=O)(=O)N(C)c2cccc(OC(F)F)c2)cc1C1CCNC1. The number of rotatable bonds is 7. The van der Waals surface area contributed by atoms with Crippen molar-refractivity contribution in [2.75, 3.05) is 31.6 Å². The second-order valence-electron chi connectivity index (χ2n) is 6.44. The molecule has 2 aromatic rings. The van der Waals surface area contributed by atoms with Crippen LogP contribution >= 0.6 is 0 Å². The van der Waals surface area contributed by atoms with Gasteiger partial charge >= 0.3 is 6.61 Å².